The van der Waals surface area contributed by atoms with Gasteiger partial charge in [-0.3, -0.25) is 19.5 Å². The number of ketones is 1. The molecule has 1 unspecified atom stereocenters. The number of aromatic nitrogens is 3. The van der Waals surface area contributed by atoms with Gasteiger partial charge in [0.1, 0.15) is 11.5 Å². The molecule has 37 heavy (non-hydrogen) atoms. The second-order valence-electron chi connectivity index (χ2n) is 7.95. The number of hydrogen-bond donors (Lipinski definition) is 1. The fourth-order valence-electron chi connectivity index (χ4n) is 3.91. The fraction of sp³-hybridized carbons (Fsp3) is 0.115. The summed E-state index contributed by atoms with van der Waals surface area (Å²) in [6.07, 6.45) is 3.00. The molecule has 0 spiro atoms. The third-order valence-electron chi connectivity index (χ3n) is 5.69. The molecule has 1 aliphatic heterocycles. The highest BCUT2D eigenvalue weighted by Crippen LogP contribution is 2.44. The molecule has 3 heterocycles. The Morgan fingerprint density at radius 1 is 1.11 bits per heavy atom. The second kappa shape index (κ2) is 10.7. The van der Waals surface area contributed by atoms with E-state index in [0.717, 1.165) is 5.56 Å². The van der Waals surface area contributed by atoms with Gasteiger partial charge in [-0.1, -0.05) is 59.0 Å². The zero-order valence-electron chi connectivity index (χ0n) is 19.4. The number of hydrogen-bond acceptors (Lipinski definition) is 9. The van der Waals surface area contributed by atoms with Crippen molar-refractivity contribution in [3.63, 3.8) is 0 Å². The Bertz CT molecular complexity index is 1490. The predicted octanol–water partition coefficient (Wildman–Crippen LogP) is 5.51. The van der Waals surface area contributed by atoms with Crippen LogP contribution in [0.5, 0.6) is 5.75 Å². The number of halogens is 1. The number of thioether (sulfide) groups is 1. The van der Waals surface area contributed by atoms with Crippen molar-refractivity contribution in [1.82, 2.24) is 15.2 Å². The van der Waals surface area contributed by atoms with Crippen LogP contribution >= 0.6 is 34.7 Å². The average molecular weight is 551 g/mol. The highest BCUT2D eigenvalue weighted by molar-refractivity contribution is 8.00. The zero-order valence-corrected chi connectivity index (χ0v) is 21.8. The van der Waals surface area contributed by atoms with Crippen molar-refractivity contribution in [2.45, 2.75) is 16.1 Å². The molecule has 1 N–H and O–H groups in total. The number of Topliss-reactive ketones (excluding diaryl/α,β-unsaturated/α-hetero) is 1. The summed E-state index contributed by atoms with van der Waals surface area (Å²) in [5.41, 5.74) is 1.97. The Hall–Kier alpha value is -3.73. The number of nitrogens with zero attached hydrogens (tertiary/aromatic N) is 4. The molecule has 0 saturated carbocycles. The van der Waals surface area contributed by atoms with Gasteiger partial charge in [0.25, 0.3) is 5.78 Å². The predicted molar refractivity (Wildman–Crippen MR) is 143 cm³/mol. The fourth-order valence-corrected chi connectivity index (χ4v) is 5.86. The first kappa shape index (κ1) is 24.9. The van der Waals surface area contributed by atoms with Gasteiger partial charge in [-0.05, 0) is 47.5 Å². The molecular weight excluding hydrogens is 532 g/mol. The van der Waals surface area contributed by atoms with E-state index in [1.54, 1.807) is 36.4 Å². The van der Waals surface area contributed by atoms with E-state index in [1.165, 1.54) is 47.5 Å². The summed E-state index contributed by atoms with van der Waals surface area (Å²) in [6.45, 7) is 0. The maximum atomic E-state index is 13.3. The van der Waals surface area contributed by atoms with Gasteiger partial charge in [-0.15, -0.1) is 10.2 Å². The quantitative estimate of drug-likeness (QED) is 0.105. The lowest BCUT2D eigenvalue weighted by Crippen LogP contribution is -2.29. The topological polar surface area (TPSA) is 106 Å². The lowest BCUT2D eigenvalue weighted by atomic mass is 9.95. The number of amides is 1. The van der Waals surface area contributed by atoms with Crippen LogP contribution in [0.15, 0.2) is 83.0 Å². The Kier molecular flexibility index (Phi) is 7.22. The molecule has 1 aliphatic rings. The van der Waals surface area contributed by atoms with Gasteiger partial charge in [0.05, 0.1) is 18.7 Å². The normalized spacial score (nSPS) is 16.8. The molecule has 2 aromatic heterocycles. The summed E-state index contributed by atoms with van der Waals surface area (Å²) in [6, 6.07) is 16.7. The molecule has 1 saturated heterocycles. The molecule has 1 fully saturated rings. The summed E-state index contributed by atoms with van der Waals surface area (Å²) in [5.74, 6) is -0.727. The molecule has 1 atom stereocenters. The van der Waals surface area contributed by atoms with Gasteiger partial charge < -0.3 is 9.84 Å². The van der Waals surface area contributed by atoms with Gasteiger partial charge in [-0.2, -0.15) is 0 Å². The van der Waals surface area contributed by atoms with Gasteiger partial charge in [0, 0.05) is 28.7 Å². The highest BCUT2D eigenvalue weighted by atomic mass is 35.5. The molecular formula is C26H19ClN4O4S2. The molecule has 186 valence electrons. The molecule has 2 aromatic carbocycles. The number of benzene rings is 2. The maximum absolute atomic E-state index is 13.3. The monoisotopic (exact) mass is 550 g/mol. The van der Waals surface area contributed by atoms with Crippen LogP contribution in [0.4, 0.5) is 5.13 Å². The van der Waals surface area contributed by atoms with Crippen molar-refractivity contribution in [2.75, 3.05) is 12.0 Å². The van der Waals surface area contributed by atoms with E-state index in [1.807, 2.05) is 24.3 Å². The van der Waals surface area contributed by atoms with Gasteiger partial charge in [-0.25, -0.2) is 0 Å². The van der Waals surface area contributed by atoms with E-state index in [-0.39, 0.29) is 16.5 Å². The molecule has 4 aromatic rings. The molecule has 0 bridgehead atoms. The molecule has 5 rings (SSSR count). The van der Waals surface area contributed by atoms with Crippen molar-refractivity contribution in [3.8, 4) is 5.75 Å². The van der Waals surface area contributed by atoms with Crippen LogP contribution < -0.4 is 9.64 Å². The lowest BCUT2D eigenvalue weighted by molar-refractivity contribution is -0.132. The summed E-state index contributed by atoms with van der Waals surface area (Å²) in [7, 11) is 1.53. The Morgan fingerprint density at radius 2 is 1.86 bits per heavy atom. The first-order chi connectivity index (χ1) is 18.0. The van der Waals surface area contributed by atoms with E-state index in [4.69, 9.17) is 16.3 Å². The van der Waals surface area contributed by atoms with Gasteiger partial charge >= 0.3 is 5.91 Å². The molecule has 8 nitrogen and oxygen atoms in total. The number of aliphatic hydroxyl groups is 1. The Balaban J connectivity index is 1.54. The van der Waals surface area contributed by atoms with E-state index in [9.17, 15) is 14.7 Å². The number of carbonyl (C=O) groups excluding carboxylic acids is 2. The van der Waals surface area contributed by atoms with Crippen molar-refractivity contribution >= 4 is 57.3 Å². The number of carbonyl (C=O) groups is 2. The van der Waals surface area contributed by atoms with Crippen molar-refractivity contribution < 1.29 is 19.4 Å². The second-order valence-corrected chi connectivity index (χ2v) is 10.6. The van der Waals surface area contributed by atoms with Crippen LogP contribution in [0.1, 0.15) is 22.7 Å². The minimum absolute atomic E-state index is 0.0463. The Labute approximate surface area is 225 Å². The van der Waals surface area contributed by atoms with E-state index in [0.29, 0.717) is 32.0 Å². The van der Waals surface area contributed by atoms with Crippen LogP contribution in [0.3, 0.4) is 0 Å². The van der Waals surface area contributed by atoms with E-state index >= 15 is 0 Å². The number of rotatable bonds is 7. The van der Waals surface area contributed by atoms with Gasteiger partial charge in [0.15, 0.2) is 4.34 Å². The third kappa shape index (κ3) is 5.08. The van der Waals surface area contributed by atoms with Crippen LogP contribution in [0.25, 0.3) is 5.76 Å². The van der Waals surface area contributed by atoms with Crippen LogP contribution in [-0.4, -0.2) is 39.1 Å². The highest BCUT2D eigenvalue weighted by Gasteiger charge is 2.48. The van der Waals surface area contributed by atoms with Crippen molar-refractivity contribution in [2.24, 2.45) is 0 Å². The first-order valence-electron chi connectivity index (χ1n) is 11.0. The first-order valence-corrected chi connectivity index (χ1v) is 13.2. The zero-order chi connectivity index (χ0) is 25.9. The summed E-state index contributed by atoms with van der Waals surface area (Å²) < 4.78 is 5.99. The lowest BCUT2D eigenvalue weighted by Gasteiger charge is -2.22. The Morgan fingerprint density at radius 3 is 2.59 bits per heavy atom. The van der Waals surface area contributed by atoms with Crippen LogP contribution in [-0.2, 0) is 15.3 Å². The maximum Gasteiger partial charge on any atom is 0.301 e. The molecule has 1 amide bonds. The number of anilines is 1. The molecule has 11 heteroatoms. The summed E-state index contributed by atoms with van der Waals surface area (Å²) >= 11 is 8.62. The van der Waals surface area contributed by atoms with Crippen LogP contribution in [0, 0.1) is 0 Å². The summed E-state index contributed by atoms with van der Waals surface area (Å²) in [5, 5.41) is 20.5. The molecule has 0 aliphatic carbocycles. The number of aliphatic hydroxyl groups excluding tert-OH is 1. The standard InChI is InChI=1S/C26H19ClN4O4S2/c1-35-19-4-2-3-17(13-19)21-20(22(32)16-9-11-28-12-10-16)23(33)24(34)31(21)25-29-30-26(37-25)36-14-15-5-7-18(27)8-6-15/h2-13,21,32H,14H2,1H3/b22-20+. The number of pyridine rings is 1. The minimum atomic E-state index is -0.926. The van der Waals surface area contributed by atoms with Gasteiger partial charge in [0.2, 0.25) is 5.13 Å². The summed E-state index contributed by atoms with van der Waals surface area (Å²) in [4.78, 5) is 31.8. The third-order valence-corrected chi connectivity index (χ3v) is 8.06. The number of methoxy groups -OCH3 is 1. The smallest absolute Gasteiger partial charge is 0.301 e. The minimum Gasteiger partial charge on any atom is -0.507 e. The van der Waals surface area contributed by atoms with E-state index < -0.39 is 17.7 Å². The number of ether oxygens (including phenoxy) is 1. The average Bonchev–Trinajstić information content (AvgIpc) is 3.50. The van der Waals surface area contributed by atoms with E-state index in [2.05, 4.69) is 15.2 Å². The molecule has 0 radical (unpaired) electrons. The largest absolute Gasteiger partial charge is 0.507 e. The SMILES string of the molecule is COc1cccc(C2/C(=C(\O)c3ccncc3)C(=O)C(=O)N2c2nnc(SCc3ccc(Cl)cc3)s2)c1. The van der Waals surface area contributed by atoms with Crippen LogP contribution in [0.2, 0.25) is 5.02 Å². The van der Waals surface area contributed by atoms with Crippen molar-refractivity contribution in [3.05, 3.63) is 100 Å². The van der Waals surface area contributed by atoms with Crippen molar-refractivity contribution in [1.29, 1.82) is 0 Å².